The van der Waals surface area contributed by atoms with Crippen molar-refractivity contribution in [1.29, 1.82) is 0 Å². The maximum atomic E-state index is 4.55. The van der Waals surface area contributed by atoms with Crippen LogP contribution in [0.2, 0.25) is 0 Å². The molecule has 2 aromatic heterocycles. The second kappa shape index (κ2) is 5.17. The van der Waals surface area contributed by atoms with Gasteiger partial charge in [-0.05, 0) is 55.0 Å². The van der Waals surface area contributed by atoms with Crippen LogP contribution >= 0.6 is 0 Å². The number of hydrogen-bond donors (Lipinski definition) is 0. The molecule has 0 N–H and O–H groups in total. The van der Waals surface area contributed by atoms with Gasteiger partial charge in [0.25, 0.3) is 0 Å². The Morgan fingerprint density at radius 2 is 1.90 bits per heavy atom. The van der Waals surface area contributed by atoms with Crippen molar-refractivity contribution in [2.24, 2.45) is 0 Å². The molecule has 1 aliphatic carbocycles. The van der Waals surface area contributed by atoms with Gasteiger partial charge in [0.2, 0.25) is 0 Å². The summed E-state index contributed by atoms with van der Waals surface area (Å²) in [6, 6.07) is 12.5. The number of pyridine rings is 1. The van der Waals surface area contributed by atoms with Crippen molar-refractivity contribution in [3.05, 3.63) is 66.1 Å². The maximum Gasteiger partial charge on any atom is 0.0733 e. The Balaban J connectivity index is 1.77. The van der Waals surface area contributed by atoms with Gasteiger partial charge in [-0.15, -0.1) is 0 Å². The highest BCUT2D eigenvalue weighted by Crippen LogP contribution is 2.27. The molecule has 4 rings (SSSR count). The van der Waals surface area contributed by atoms with Crippen molar-refractivity contribution in [2.45, 2.75) is 25.7 Å². The van der Waals surface area contributed by atoms with Crippen molar-refractivity contribution in [3.63, 3.8) is 0 Å². The molecule has 0 atom stereocenters. The zero-order valence-corrected chi connectivity index (χ0v) is 11.9. The van der Waals surface area contributed by atoms with Crippen LogP contribution in [0.15, 0.2) is 55.0 Å². The second-order valence-corrected chi connectivity index (χ2v) is 5.51. The molecule has 21 heavy (non-hydrogen) atoms. The van der Waals surface area contributed by atoms with Crippen LogP contribution in [0.5, 0.6) is 0 Å². The Bertz CT molecular complexity index is 759. The maximum absolute atomic E-state index is 4.55. The summed E-state index contributed by atoms with van der Waals surface area (Å²) in [7, 11) is 0. The van der Waals surface area contributed by atoms with Crippen LogP contribution in [0.4, 0.5) is 0 Å². The van der Waals surface area contributed by atoms with Crippen molar-refractivity contribution >= 4 is 0 Å². The van der Waals surface area contributed by atoms with Crippen molar-refractivity contribution < 1.29 is 0 Å². The number of rotatable bonds is 2. The lowest BCUT2D eigenvalue weighted by Gasteiger charge is -2.19. The van der Waals surface area contributed by atoms with E-state index in [2.05, 4.69) is 34.5 Å². The van der Waals surface area contributed by atoms with E-state index in [4.69, 9.17) is 0 Å². The third kappa shape index (κ3) is 2.25. The minimum atomic E-state index is 0.966. The Labute approximate surface area is 124 Å². The lowest BCUT2D eigenvalue weighted by atomic mass is 9.90. The van der Waals surface area contributed by atoms with Gasteiger partial charge in [0.1, 0.15) is 0 Å². The van der Waals surface area contributed by atoms with E-state index in [0.717, 1.165) is 17.7 Å². The van der Waals surface area contributed by atoms with E-state index in [1.165, 1.54) is 36.1 Å². The number of fused-ring (bicyclic) bond motifs is 1. The normalized spacial score (nSPS) is 13.9. The van der Waals surface area contributed by atoms with Crippen LogP contribution < -0.4 is 0 Å². The molecule has 3 nitrogen and oxygen atoms in total. The van der Waals surface area contributed by atoms with E-state index in [0.29, 0.717) is 0 Å². The summed E-state index contributed by atoms with van der Waals surface area (Å²) in [5.41, 5.74) is 6.18. The lowest BCUT2D eigenvalue weighted by molar-refractivity contribution is 0.677. The first-order chi connectivity index (χ1) is 10.4. The average Bonchev–Trinajstić information content (AvgIpc) is 3.05. The predicted molar refractivity (Wildman–Crippen MR) is 83.4 cm³/mol. The van der Waals surface area contributed by atoms with Gasteiger partial charge in [-0.1, -0.05) is 18.2 Å². The van der Waals surface area contributed by atoms with Gasteiger partial charge in [0, 0.05) is 18.0 Å². The van der Waals surface area contributed by atoms with Crippen LogP contribution in [0, 0.1) is 0 Å². The zero-order valence-electron chi connectivity index (χ0n) is 11.9. The van der Waals surface area contributed by atoms with Crippen molar-refractivity contribution in [2.75, 3.05) is 0 Å². The lowest BCUT2D eigenvalue weighted by Crippen LogP contribution is -2.08. The summed E-state index contributed by atoms with van der Waals surface area (Å²) in [5, 5.41) is 4.55. The smallest absolute Gasteiger partial charge is 0.0733 e. The summed E-state index contributed by atoms with van der Waals surface area (Å²) in [5.74, 6) is 0. The first-order valence-electron chi connectivity index (χ1n) is 7.49. The van der Waals surface area contributed by atoms with Gasteiger partial charge in [0.15, 0.2) is 0 Å². The van der Waals surface area contributed by atoms with Gasteiger partial charge >= 0.3 is 0 Å². The topological polar surface area (TPSA) is 30.7 Å². The van der Waals surface area contributed by atoms with Gasteiger partial charge in [-0.2, -0.15) is 5.10 Å². The molecule has 1 aliphatic rings. The van der Waals surface area contributed by atoms with Gasteiger partial charge in [-0.25, -0.2) is 4.68 Å². The second-order valence-electron chi connectivity index (χ2n) is 5.51. The Hall–Kier alpha value is -2.42. The quantitative estimate of drug-likeness (QED) is 0.712. The first kappa shape index (κ1) is 12.3. The van der Waals surface area contributed by atoms with Crippen LogP contribution in [-0.2, 0) is 12.8 Å². The van der Waals surface area contributed by atoms with Gasteiger partial charge < -0.3 is 0 Å². The largest absolute Gasteiger partial charge is 0.256 e. The number of hydrogen-bond acceptors (Lipinski definition) is 2. The Morgan fingerprint density at radius 3 is 2.81 bits per heavy atom. The average molecular weight is 275 g/mol. The fourth-order valence-corrected chi connectivity index (χ4v) is 3.10. The molecule has 0 saturated carbocycles. The summed E-state index contributed by atoms with van der Waals surface area (Å²) in [6.45, 7) is 0. The Kier molecular flexibility index (Phi) is 3.03. The van der Waals surface area contributed by atoms with E-state index in [-0.39, 0.29) is 0 Å². The fourth-order valence-electron chi connectivity index (χ4n) is 3.10. The molecule has 0 amide bonds. The monoisotopic (exact) mass is 275 g/mol. The third-order valence-corrected chi connectivity index (χ3v) is 4.16. The van der Waals surface area contributed by atoms with Crippen LogP contribution in [-0.4, -0.2) is 14.8 Å². The number of aromatic nitrogens is 3. The fraction of sp³-hybridized carbons (Fsp3) is 0.222. The van der Waals surface area contributed by atoms with E-state index in [9.17, 15) is 0 Å². The minimum absolute atomic E-state index is 0.966. The first-order valence-corrected chi connectivity index (χ1v) is 7.49. The predicted octanol–water partition coefficient (Wildman–Crippen LogP) is 3.81. The molecule has 0 saturated heterocycles. The van der Waals surface area contributed by atoms with Gasteiger partial charge in [-0.3, -0.25) is 4.98 Å². The Morgan fingerprint density at radius 1 is 0.952 bits per heavy atom. The summed E-state index contributed by atoms with van der Waals surface area (Å²) < 4.78 is 1.99. The molecule has 2 heterocycles. The van der Waals surface area contributed by atoms with Crippen molar-refractivity contribution in [3.8, 4) is 16.9 Å². The molecule has 0 spiro atoms. The zero-order chi connectivity index (χ0) is 14.1. The van der Waals surface area contributed by atoms with Crippen LogP contribution in [0.3, 0.4) is 0 Å². The third-order valence-electron chi connectivity index (χ3n) is 4.16. The van der Waals surface area contributed by atoms with E-state index >= 15 is 0 Å². The molecule has 1 aromatic carbocycles. The summed E-state index contributed by atoms with van der Waals surface area (Å²) in [6.07, 6.45) is 10.7. The van der Waals surface area contributed by atoms with E-state index in [1.54, 1.807) is 0 Å². The van der Waals surface area contributed by atoms with Crippen LogP contribution in [0.1, 0.15) is 24.0 Å². The molecule has 0 bridgehead atoms. The summed E-state index contributed by atoms with van der Waals surface area (Å²) >= 11 is 0. The van der Waals surface area contributed by atoms with Gasteiger partial charge in [0.05, 0.1) is 17.6 Å². The molecule has 3 aromatic rings. The molecule has 0 aliphatic heterocycles. The standard InChI is InChI=1S/C18H17N3/c1-2-8-16-14(6-1)7-5-10-18(16)21-13-15(12-20-21)17-9-3-4-11-19-17/h3-5,7,9-13H,1-2,6,8H2. The summed E-state index contributed by atoms with van der Waals surface area (Å²) in [4.78, 5) is 4.39. The number of aryl methyl sites for hydroxylation is 1. The molecule has 0 radical (unpaired) electrons. The minimum Gasteiger partial charge on any atom is -0.256 e. The van der Waals surface area contributed by atoms with E-state index in [1.807, 2.05) is 35.3 Å². The number of nitrogens with zero attached hydrogens (tertiary/aromatic N) is 3. The molecule has 0 fully saturated rings. The molecule has 104 valence electrons. The van der Waals surface area contributed by atoms with Crippen molar-refractivity contribution in [1.82, 2.24) is 14.8 Å². The number of benzene rings is 1. The molecular formula is C18H17N3. The highest BCUT2D eigenvalue weighted by molar-refractivity contribution is 5.58. The molecule has 0 unspecified atom stereocenters. The van der Waals surface area contributed by atoms with E-state index < -0.39 is 0 Å². The highest BCUT2D eigenvalue weighted by Gasteiger charge is 2.14. The molecular weight excluding hydrogens is 258 g/mol. The highest BCUT2D eigenvalue weighted by atomic mass is 15.3. The van der Waals surface area contributed by atoms with Crippen LogP contribution in [0.25, 0.3) is 16.9 Å². The molecule has 3 heteroatoms. The SMILES string of the molecule is c1ccc(-c2cnn(-c3cccc4c3CCCC4)c2)nc1.